The summed E-state index contributed by atoms with van der Waals surface area (Å²) in [5.74, 6) is 0.329. The Morgan fingerprint density at radius 1 is 1.41 bits per heavy atom. The van der Waals surface area contributed by atoms with E-state index >= 15 is 0 Å². The van der Waals surface area contributed by atoms with Gasteiger partial charge < -0.3 is 5.32 Å². The highest BCUT2D eigenvalue weighted by Gasteiger charge is 2.20. The molecular weight excluding hydrogens is 261 g/mol. The molecule has 1 fully saturated rings. The molecule has 2 aliphatic rings. The zero-order valence-corrected chi connectivity index (χ0v) is 10.5. The van der Waals surface area contributed by atoms with E-state index in [4.69, 9.17) is 11.6 Å². The van der Waals surface area contributed by atoms with Gasteiger partial charge in [-0.15, -0.1) is 0 Å². The summed E-state index contributed by atoms with van der Waals surface area (Å²) >= 11 is 7.11. The Morgan fingerprint density at radius 3 is 2.94 bits per heavy atom. The standard InChI is InChI=1S/C11H11ClFN3S/c12-7-4-9-10(5-8(7)13)17-16-11(15-9)14-6-2-1-3-6/h4-6H,1-3H2,(H2,14,15,16). The van der Waals surface area contributed by atoms with Crippen molar-refractivity contribution in [1.29, 1.82) is 0 Å². The van der Waals surface area contributed by atoms with Crippen LogP contribution in [0.25, 0.3) is 0 Å². The van der Waals surface area contributed by atoms with Gasteiger partial charge in [-0.3, -0.25) is 4.72 Å². The van der Waals surface area contributed by atoms with Gasteiger partial charge in [0.1, 0.15) is 5.82 Å². The molecule has 2 N–H and O–H groups in total. The number of fused-ring (bicyclic) bond motifs is 1. The van der Waals surface area contributed by atoms with Crippen LogP contribution in [0.4, 0.5) is 10.1 Å². The smallest absolute Gasteiger partial charge is 0.206 e. The SMILES string of the molecule is Fc1cc2c(cc1Cl)NC(=NC1CCC1)NS2. The third-order valence-electron chi connectivity index (χ3n) is 2.92. The Hall–Kier alpha value is -0.940. The lowest BCUT2D eigenvalue weighted by atomic mass is 9.94. The topological polar surface area (TPSA) is 36.4 Å². The van der Waals surface area contributed by atoms with E-state index in [1.807, 2.05) is 0 Å². The van der Waals surface area contributed by atoms with Gasteiger partial charge in [0.05, 0.1) is 21.6 Å². The van der Waals surface area contributed by atoms with Crippen molar-refractivity contribution in [2.24, 2.45) is 4.99 Å². The van der Waals surface area contributed by atoms with Gasteiger partial charge in [-0.05, 0) is 43.3 Å². The predicted molar refractivity (Wildman–Crippen MR) is 69.1 cm³/mol. The van der Waals surface area contributed by atoms with Gasteiger partial charge in [0.15, 0.2) is 0 Å². The normalized spacial score (nSPS) is 21.4. The summed E-state index contributed by atoms with van der Waals surface area (Å²) in [4.78, 5) is 5.32. The lowest BCUT2D eigenvalue weighted by Gasteiger charge is -2.25. The van der Waals surface area contributed by atoms with Crippen LogP contribution < -0.4 is 10.0 Å². The van der Waals surface area contributed by atoms with Crippen LogP contribution in [-0.2, 0) is 0 Å². The molecule has 6 heteroatoms. The van der Waals surface area contributed by atoms with Crippen LogP contribution in [0.1, 0.15) is 19.3 Å². The van der Waals surface area contributed by atoms with Crippen LogP contribution in [-0.4, -0.2) is 12.0 Å². The summed E-state index contributed by atoms with van der Waals surface area (Å²) in [6.07, 6.45) is 3.55. The Kier molecular flexibility index (Phi) is 2.88. The minimum absolute atomic E-state index is 0.127. The van der Waals surface area contributed by atoms with Gasteiger partial charge >= 0.3 is 0 Å². The Morgan fingerprint density at radius 2 is 2.24 bits per heavy atom. The third-order valence-corrected chi connectivity index (χ3v) is 4.06. The number of nitrogens with one attached hydrogen (secondary N) is 2. The van der Waals surface area contributed by atoms with Crippen LogP contribution in [0.5, 0.6) is 0 Å². The van der Waals surface area contributed by atoms with Crippen molar-refractivity contribution in [3.63, 3.8) is 0 Å². The fourth-order valence-electron chi connectivity index (χ4n) is 1.72. The number of nitrogens with zero attached hydrogens (tertiary/aromatic N) is 1. The van der Waals surface area contributed by atoms with Crippen LogP contribution in [0.3, 0.4) is 0 Å². The number of hydrogen-bond acceptors (Lipinski definition) is 2. The molecule has 0 amide bonds. The van der Waals surface area contributed by atoms with Crippen molar-refractivity contribution in [2.75, 3.05) is 5.32 Å². The van der Waals surface area contributed by atoms with E-state index in [1.54, 1.807) is 6.07 Å². The first-order valence-corrected chi connectivity index (χ1v) is 6.68. The zero-order valence-electron chi connectivity index (χ0n) is 8.96. The molecule has 0 atom stereocenters. The predicted octanol–water partition coefficient (Wildman–Crippen LogP) is 3.41. The number of halogens is 2. The molecule has 1 aromatic carbocycles. The molecule has 1 aliphatic carbocycles. The van der Waals surface area contributed by atoms with Crippen molar-refractivity contribution >= 4 is 35.2 Å². The molecule has 1 aliphatic heterocycles. The van der Waals surface area contributed by atoms with Crippen molar-refractivity contribution in [3.8, 4) is 0 Å². The first kappa shape index (κ1) is 11.2. The Bertz CT molecular complexity index is 488. The van der Waals surface area contributed by atoms with Gasteiger partial charge in [0, 0.05) is 0 Å². The minimum atomic E-state index is -0.402. The quantitative estimate of drug-likeness (QED) is 0.769. The minimum Gasteiger partial charge on any atom is -0.325 e. The highest BCUT2D eigenvalue weighted by molar-refractivity contribution is 7.98. The molecule has 0 spiro atoms. The summed E-state index contributed by atoms with van der Waals surface area (Å²) in [6, 6.07) is 3.43. The lowest BCUT2D eigenvalue weighted by molar-refractivity contribution is 0.419. The highest BCUT2D eigenvalue weighted by atomic mass is 35.5. The Labute approximate surface area is 108 Å². The second kappa shape index (κ2) is 4.38. The van der Waals surface area contributed by atoms with E-state index in [0.717, 1.165) is 29.4 Å². The molecule has 1 aromatic rings. The van der Waals surface area contributed by atoms with Gasteiger partial charge in [-0.25, -0.2) is 9.38 Å². The first-order valence-electron chi connectivity index (χ1n) is 5.49. The van der Waals surface area contributed by atoms with Crippen molar-refractivity contribution < 1.29 is 4.39 Å². The van der Waals surface area contributed by atoms with E-state index < -0.39 is 5.82 Å². The molecule has 0 bridgehead atoms. The average Bonchev–Trinajstić information content (AvgIpc) is 2.25. The van der Waals surface area contributed by atoms with Crippen LogP contribution >= 0.6 is 23.5 Å². The van der Waals surface area contributed by atoms with E-state index in [9.17, 15) is 4.39 Å². The molecule has 3 nitrogen and oxygen atoms in total. The van der Waals surface area contributed by atoms with Crippen LogP contribution in [0.2, 0.25) is 5.02 Å². The van der Waals surface area contributed by atoms with Crippen molar-refractivity contribution in [1.82, 2.24) is 4.72 Å². The van der Waals surface area contributed by atoms with E-state index in [1.165, 1.54) is 24.4 Å². The number of aliphatic imine (C=N–C) groups is 1. The second-order valence-corrected chi connectivity index (χ2v) is 5.41. The number of rotatable bonds is 1. The van der Waals surface area contributed by atoms with Gasteiger partial charge in [0.25, 0.3) is 0 Å². The zero-order chi connectivity index (χ0) is 11.8. The lowest BCUT2D eigenvalue weighted by Crippen LogP contribution is -2.32. The third kappa shape index (κ3) is 2.21. The molecule has 1 saturated carbocycles. The molecule has 90 valence electrons. The summed E-state index contributed by atoms with van der Waals surface area (Å²) in [5, 5.41) is 3.26. The van der Waals surface area contributed by atoms with Crippen LogP contribution in [0.15, 0.2) is 22.0 Å². The number of guanidine groups is 1. The van der Waals surface area contributed by atoms with Crippen LogP contribution in [0, 0.1) is 5.82 Å². The molecule has 0 saturated heterocycles. The fraction of sp³-hybridized carbons (Fsp3) is 0.364. The number of benzene rings is 1. The van der Waals surface area contributed by atoms with Crippen molar-refractivity contribution in [2.45, 2.75) is 30.2 Å². The van der Waals surface area contributed by atoms with Crippen molar-refractivity contribution in [3.05, 3.63) is 23.0 Å². The summed E-state index contributed by atoms with van der Waals surface area (Å²) in [5.41, 5.74) is 0.804. The fourth-order valence-corrected chi connectivity index (χ4v) is 2.58. The Balaban J connectivity index is 1.84. The molecule has 0 radical (unpaired) electrons. The number of hydrogen-bond donors (Lipinski definition) is 2. The summed E-state index contributed by atoms with van der Waals surface area (Å²) in [7, 11) is 0. The van der Waals surface area contributed by atoms with Gasteiger partial charge in [0.2, 0.25) is 5.96 Å². The largest absolute Gasteiger partial charge is 0.325 e. The molecule has 17 heavy (non-hydrogen) atoms. The molecule has 0 aromatic heterocycles. The van der Waals surface area contributed by atoms with E-state index in [2.05, 4.69) is 15.0 Å². The van der Waals surface area contributed by atoms with Gasteiger partial charge in [-0.1, -0.05) is 11.6 Å². The average molecular weight is 272 g/mol. The van der Waals surface area contributed by atoms with Gasteiger partial charge in [-0.2, -0.15) is 0 Å². The highest BCUT2D eigenvalue weighted by Crippen LogP contribution is 2.33. The monoisotopic (exact) mass is 271 g/mol. The molecular formula is C11H11ClFN3S. The molecule has 1 heterocycles. The second-order valence-electron chi connectivity index (χ2n) is 4.15. The maximum absolute atomic E-state index is 13.2. The first-order chi connectivity index (χ1) is 8.22. The van der Waals surface area contributed by atoms with E-state index in [0.29, 0.717) is 6.04 Å². The molecule has 3 rings (SSSR count). The summed E-state index contributed by atoms with van der Waals surface area (Å²) in [6.45, 7) is 0. The van der Waals surface area contributed by atoms with E-state index in [-0.39, 0.29) is 5.02 Å². The summed E-state index contributed by atoms with van der Waals surface area (Å²) < 4.78 is 16.3. The number of anilines is 1. The molecule has 0 unspecified atom stereocenters. The maximum atomic E-state index is 13.2. The maximum Gasteiger partial charge on any atom is 0.206 e.